The zero-order chi connectivity index (χ0) is 21.7. The van der Waals surface area contributed by atoms with E-state index in [0.717, 1.165) is 6.42 Å². The standard InChI is InChI=1S/C17H21F3N6O4/c1-2-3-4-29-11-10-14(26-8-24-9-12(21)22-7-23-13(9)26)30-16(11,6-27)5-25(10)15(28)17(18,19)20/h7-8,10-11,14,27H,2-6H2,1H3,(H2,21,22,23)/t10?,11?,14?,16-/m0/s1. The second kappa shape index (κ2) is 7.32. The average Bonchev–Trinajstić information content (AvgIpc) is 3.36. The van der Waals surface area contributed by atoms with E-state index in [2.05, 4.69) is 15.0 Å². The summed E-state index contributed by atoms with van der Waals surface area (Å²) in [7, 11) is 0. The van der Waals surface area contributed by atoms with Crippen LogP contribution in [-0.2, 0) is 14.3 Å². The van der Waals surface area contributed by atoms with Crippen LogP contribution in [-0.4, -0.2) is 79.1 Å². The number of aromatic nitrogens is 4. The number of aliphatic hydroxyl groups excluding tert-OH is 1. The van der Waals surface area contributed by atoms with E-state index in [-0.39, 0.29) is 23.6 Å². The molecule has 0 spiro atoms. The minimum absolute atomic E-state index is 0.0951. The summed E-state index contributed by atoms with van der Waals surface area (Å²) in [5.41, 5.74) is 4.78. The lowest BCUT2D eigenvalue weighted by atomic mass is 10.00. The van der Waals surface area contributed by atoms with Crippen LogP contribution in [0, 0.1) is 0 Å². The van der Waals surface area contributed by atoms with Crippen LogP contribution in [0.4, 0.5) is 19.0 Å². The number of fused-ring (bicyclic) bond motifs is 3. The van der Waals surface area contributed by atoms with Crippen molar-refractivity contribution in [3.8, 4) is 0 Å². The van der Waals surface area contributed by atoms with Crippen molar-refractivity contribution >= 4 is 22.9 Å². The quantitative estimate of drug-likeness (QED) is 0.639. The Kier molecular flexibility index (Phi) is 5.06. The maximum Gasteiger partial charge on any atom is 0.471 e. The Morgan fingerprint density at radius 3 is 2.87 bits per heavy atom. The van der Waals surface area contributed by atoms with Gasteiger partial charge in [-0.25, -0.2) is 15.0 Å². The van der Waals surface area contributed by atoms with Crippen LogP contribution in [0.15, 0.2) is 12.7 Å². The first-order valence-electron chi connectivity index (χ1n) is 9.44. The van der Waals surface area contributed by atoms with Crippen molar-refractivity contribution in [3.05, 3.63) is 12.7 Å². The van der Waals surface area contributed by atoms with Gasteiger partial charge in [-0.1, -0.05) is 13.3 Å². The van der Waals surface area contributed by atoms with E-state index in [0.29, 0.717) is 11.3 Å². The maximum absolute atomic E-state index is 13.3. The molecule has 13 heteroatoms. The number of alkyl halides is 3. The number of rotatable bonds is 6. The molecule has 3 unspecified atom stereocenters. The highest BCUT2D eigenvalue weighted by Gasteiger charge is 2.68. The van der Waals surface area contributed by atoms with Crippen LogP contribution in [0.25, 0.3) is 11.2 Å². The van der Waals surface area contributed by atoms with E-state index in [9.17, 15) is 23.1 Å². The van der Waals surface area contributed by atoms with Crippen molar-refractivity contribution in [1.29, 1.82) is 0 Å². The minimum Gasteiger partial charge on any atom is -0.393 e. The molecule has 4 atom stereocenters. The highest BCUT2D eigenvalue weighted by atomic mass is 19.4. The molecule has 2 aromatic heterocycles. The lowest BCUT2D eigenvalue weighted by Crippen LogP contribution is -2.53. The van der Waals surface area contributed by atoms with Crippen LogP contribution in [0.2, 0.25) is 0 Å². The number of nitrogens with two attached hydrogens (primary N) is 1. The molecule has 4 heterocycles. The van der Waals surface area contributed by atoms with Crippen molar-refractivity contribution in [3.63, 3.8) is 0 Å². The Balaban J connectivity index is 1.77. The molecule has 2 bridgehead atoms. The van der Waals surface area contributed by atoms with E-state index in [1.807, 2.05) is 6.92 Å². The van der Waals surface area contributed by atoms with Gasteiger partial charge in [-0.3, -0.25) is 9.36 Å². The van der Waals surface area contributed by atoms with Gasteiger partial charge < -0.3 is 25.2 Å². The number of anilines is 1. The number of carbonyl (C=O) groups excluding carboxylic acids is 1. The molecular formula is C17H21F3N6O4. The molecule has 2 aromatic rings. The van der Waals surface area contributed by atoms with Crippen molar-refractivity contribution in [2.75, 3.05) is 25.5 Å². The summed E-state index contributed by atoms with van der Waals surface area (Å²) in [4.78, 5) is 24.9. The molecule has 3 N–H and O–H groups in total. The first kappa shape index (κ1) is 20.8. The first-order chi connectivity index (χ1) is 14.2. The normalized spacial score (nSPS) is 28.6. The molecule has 1 amide bonds. The van der Waals surface area contributed by atoms with Gasteiger partial charge in [-0.2, -0.15) is 13.2 Å². The van der Waals surface area contributed by atoms with Gasteiger partial charge in [0.05, 0.1) is 19.5 Å². The maximum atomic E-state index is 13.3. The molecule has 10 nitrogen and oxygen atoms in total. The average molecular weight is 430 g/mol. The van der Waals surface area contributed by atoms with Gasteiger partial charge in [0.2, 0.25) is 0 Å². The molecule has 30 heavy (non-hydrogen) atoms. The molecule has 4 rings (SSSR count). The van der Waals surface area contributed by atoms with Gasteiger partial charge in [0, 0.05) is 6.61 Å². The van der Waals surface area contributed by atoms with Crippen molar-refractivity contribution in [2.24, 2.45) is 0 Å². The number of morpholine rings is 1. The smallest absolute Gasteiger partial charge is 0.393 e. The molecule has 0 aliphatic carbocycles. The lowest BCUT2D eigenvalue weighted by Gasteiger charge is -2.36. The van der Waals surface area contributed by atoms with Gasteiger partial charge in [-0.05, 0) is 6.42 Å². The number of imidazole rings is 1. The number of nitrogen functional groups attached to an aromatic ring is 1. The molecule has 2 fully saturated rings. The van der Waals surface area contributed by atoms with E-state index in [1.54, 1.807) is 0 Å². The van der Waals surface area contributed by atoms with Gasteiger partial charge in [-0.15, -0.1) is 0 Å². The third-order valence-corrected chi connectivity index (χ3v) is 5.50. The van der Waals surface area contributed by atoms with Crippen LogP contribution in [0.5, 0.6) is 0 Å². The van der Waals surface area contributed by atoms with E-state index >= 15 is 0 Å². The number of likely N-dealkylation sites (tertiary alicyclic amines) is 1. The number of unbranched alkanes of at least 4 members (excludes halogenated alkanes) is 1. The molecule has 0 saturated carbocycles. The van der Waals surface area contributed by atoms with E-state index in [4.69, 9.17) is 15.2 Å². The van der Waals surface area contributed by atoms with Gasteiger partial charge >= 0.3 is 12.1 Å². The number of hydrogen-bond donors (Lipinski definition) is 2. The predicted molar refractivity (Wildman–Crippen MR) is 95.9 cm³/mol. The summed E-state index contributed by atoms with van der Waals surface area (Å²) in [5.74, 6) is -1.92. The third-order valence-electron chi connectivity index (χ3n) is 5.50. The molecule has 2 saturated heterocycles. The highest BCUT2D eigenvalue weighted by Crippen LogP contribution is 2.49. The monoisotopic (exact) mass is 430 g/mol. The highest BCUT2D eigenvalue weighted by molar-refractivity contribution is 5.83. The fourth-order valence-electron chi connectivity index (χ4n) is 4.11. The van der Waals surface area contributed by atoms with E-state index in [1.165, 1.54) is 17.2 Å². The van der Waals surface area contributed by atoms with E-state index < -0.39 is 49.2 Å². The largest absolute Gasteiger partial charge is 0.471 e. The molecular weight excluding hydrogens is 409 g/mol. The Morgan fingerprint density at radius 2 is 2.20 bits per heavy atom. The summed E-state index contributed by atoms with van der Waals surface area (Å²) in [6.07, 6.45) is -3.17. The zero-order valence-corrected chi connectivity index (χ0v) is 16.0. The first-order valence-corrected chi connectivity index (χ1v) is 9.44. The summed E-state index contributed by atoms with van der Waals surface area (Å²) < 4.78 is 53.1. The number of halogens is 3. The minimum atomic E-state index is -5.08. The molecule has 164 valence electrons. The molecule has 0 radical (unpaired) electrons. The number of aliphatic hydroxyl groups is 1. The summed E-state index contributed by atoms with van der Waals surface area (Å²) in [6, 6.07) is -1.14. The predicted octanol–water partition coefficient (Wildman–Crippen LogP) is 0.627. The summed E-state index contributed by atoms with van der Waals surface area (Å²) >= 11 is 0. The van der Waals surface area contributed by atoms with Gasteiger partial charge in [0.1, 0.15) is 29.6 Å². The second-order valence-electron chi connectivity index (χ2n) is 7.38. The van der Waals surface area contributed by atoms with Gasteiger partial charge in [0.25, 0.3) is 0 Å². The summed E-state index contributed by atoms with van der Waals surface area (Å²) in [5, 5.41) is 10.1. The summed E-state index contributed by atoms with van der Waals surface area (Å²) in [6.45, 7) is 1.13. The Morgan fingerprint density at radius 1 is 1.43 bits per heavy atom. The SMILES string of the molecule is CCCCOC1C2C(n3cnc4c(N)ncnc43)O[C@]1(CO)CN2C(=O)C(F)(F)F. The number of ether oxygens (including phenoxy) is 2. The van der Waals surface area contributed by atoms with Crippen LogP contribution in [0.3, 0.4) is 0 Å². The second-order valence-corrected chi connectivity index (χ2v) is 7.38. The molecule has 2 aliphatic rings. The number of amides is 1. The third kappa shape index (κ3) is 3.08. The number of hydrogen-bond acceptors (Lipinski definition) is 8. The number of nitrogens with zero attached hydrogens (tertiary/aromatic N) is 5. The zero-order valence-electron chi connectivity index (χ0n) is 16.0. The molecule has 0 aromatic carbocycles. The van der Waals surface area contributed by atoms with Crippen LogP contribution >= 0.6 is 0 Å². The van der Waals surface area contributed by atoms with Crippen LogP contribution in [0.1, 0.15) is 26.0 Å². The Labute approximate surface area is 168 Å². The van der Waals surface area contributed by atoms with Crippen molar-refractivity contribution in [1.82, 2.24) is 24.4 Å². The van der Waals surface area contributed by atoms with Crippen LogP contribution < -0.4 is 5.73 Å². The van der Waals surface area contributed by atoms with Crippen molar-refractivity contribution < 1.29 is 32.5 Å². The van der Waals surface area contributed by atoms with Crippen molar-refractivity contribution in [2.45, 2.75) is 49.9 Å². The Bertz CT molecular complexity index is 953. The fourth-order valence-corrected chi connectivity index (χ4v) is 4.11. The Hall–Kier alpha value is -2.51. The number of carbonyl (C=O) groups is 1. The van der Waals surface area contributed by atoms with Gasteiger partial charge in [0.15, 0.2) is 17.7 Å². The lowest BCUT2D eigenvalue weighted by molar-refractivity contribution is -0.202. The fraction of sp³-hybridized carbons (Fsp3) is 0.647. The topological polar surface area (TPSA) is 129 Å². The molecule has 2 aliphatic heterocycles.